The number of fused-ring (bicyclic) bond motifs is 2. The zero-order valence-corrected chi connectivity index (χ0v) is 22.1. The molecule has 0 spiro atoms. The fraction of sp³-hybridized carbons (Fsp3) is 0.552. The summed E-state index contributed by atoms with van der Waals surface area (Å²) >= 11 is 0. The largest absolute Gasteiger partial charge is 0.489 e. The van der Waals surface area contributed by atoms with Gasteiger partial charge in [0.25, 0.3) is 0 Å². The van der Waals surface area contributed by atoms with E-state index in [0.29, 0.717) is 41.0 Å². The molecule has 0 aliphatic carbocycles. The van der Waals surface area contributed by atoms with Gasteiger partial charge in [-0.25, -0.2) is 0 Å². The van der Waals surface area contributed by atoms with Crippen LogP contribution in [0.25, 0.3) is 0 Å². The SMILES string of the molecule is C=C(C)C(CC=C(C)C)Cc1c2c(c(OC(C)=O)c3c1OC(=O)CC3CCC)C(=O)[C@H](C)[C@@H](C)O2. The van der Waals surface area contributed by atoms with Gasteiger partial charge in [0.15, 0.2) is 11.5 Å². The first-order valence-corrected chi connectivity index (χ1v) is 12.6. The third kappa shape index (κ3) is 5.52. The number of benzene rings is 1. The zero-order chi connectivity index (χ0) is 26.0. The molecular formula is C29H38O6. The van der Waals surface area contributed by atoms with E-state index in [9.17, 15) is 14.4 Å². The van der Waals surface area contributed by atoms with E-state index in [2.05, 4.69) is 26.5 Å². The molecule has 0 radical (unpaired) electrons. The minimum absolute atomic E-state index is 0.0521. The number of esters is 2. The van der Waals surface area contributed by atoms with Crippen LogP contribution in [0.3, 0.4) is 0 Å². The maximum Gasteiger partial charge on any atom is 0.311 e. The maximum absolute atomic E-state index is 13.6. The molecule has 3 rings (SSSR count). The van der Waals surface area contributed by atoms with Crippen LogP contribution < -0.4 is 14.2 Å². The molecule has 0 saturated heterocycles. The molecule has 1 aromatic rings. The molecule has 6 heteroatoms. The van der Waals surface area contributed by atoms with Crippen LogP contribution in [0.15, 0.2) is 23.8 Å². The van der Waals surface area contributed by atoms with Crippen LogP contribution in [-0.2, 0) is 16.0 Å². The first kappa shape index (κ1) is 26.7. The van der Waals surface area contributed by atoms with Crippen LogP contribution in [0.4, 0.5) is 0 Å². The van der Waals surface area contributed by atoms with Gasteiger partial charge in [0.2, 0.25) is 0 Å². The molecule has 6 nitrogen and oxygen atoms in total. The van der Waals surface area contributed by atoms with Crippen LogP contribution >= 0.6 is 0 Å². The Morgan fingerprint density at radius 2 is 1.86 bits per heavy atom. The molecule has 2 aliphatic rings. The Bertz CT molecular complexity index is 1080. The van der Waals surface area contributed by atoms with Crippen molar-refractivity contribution in [3.05, 3.63) is 40.5 Å². The summed E-state index contributed by atoms with van der Waals surface area (Å²) in [5.74, 6) is -0.603. The fourth-order valence-corrected chi connectivity index (χ4v) is 4.90. The highest BCUT2D eigenvalue weighted by Gasteiger charge is 2.43. The topological polar surface area (TPSA) is 78.9 Å². The first-order chi connectivity index (χ1) is 16.5. The van der Waals surface area contributed by atoms with Gasteiger partial charge in [-0.15, -0.1) is 0 Å². The van der Waals surface area contributed by atoms with Crippen LogP contribution in [-0.4, -0.2) is 23.8 Å². The van der Waals surface area contributed by atoms with E-state index in [1.807, 2.05) is 27.7 Å². The van der Waals surface area contributed by atoms with E-state index < -0.39 is 11.9 Å². The van der Waals surface area contributed by atoms with Gasteiger partial charge in [0.1, 0.15) is 23.2 Å². The van der Waals surface area contributed by atoms with Crippen molar-refractivity contribution >= 4 is 17.7 Å². The van der Waals surface area contributed by atoms with Crippen molar-refractivity contribution in [1.82, 2.24) is 0 Å². The highest BCUT2D eigenvalue weighted by atomic mass is 16.6. The van der Waals surface area contributed by atoms with Crippen molar-refractivity contribution in [2.45, 2.75) is 92.6 Å². The summed E-state index contributed by atoms with van der Waals surface area (Å²) in [4.78, 5) is 38.5. The third-order valence-corrected chi connectivity index (χ3v) is 7.04. The van der Waals surface area contributed by atoms with Crippen molar-refractivity contribution < 1.29 is 28.6 Å². The van der Waals surface area contributed by atoms with Crippen molar-refractivity contribution in [2.75, 3.05) is 0 Å². The smallest absolute Gasteiger partial charge is 0.311 e. The molecule has 190 valence electrons. The second kappa shape index (κ2) is 10.8. The lowest BCUT2D eigenvalue weighted by Crippen LogP contribution is -2.36. The molecule has 4 atom stereocenters. The predicted octanol–water partition coefficient (Wildman–Crippen LogP) is 6.50. The number of carbonyl (C=O) groups is 3. The molecule has 0 saturated carbocycles. The number of carbonyl (C=O) groups excluding carboxylic acids is 3. The van der Waals surface area contributed by atoms with E-state index >= 15 is 0 Å². The second-order valence-corrected chi connectivity index (χ2v) is 10.3. The highest BCUT2D eigenvalue weighted by Crippen LogP contribution is 2.54. The Kier molecular flexibility index (Phi) is 8.24. The number of hydrogen-bond acceptors (Lipinski definition) is 6. The minimum Gasteiger partial charge on any atom is -0.489 e. The summed E-state index contributed by atoms with van der Waals surface area (Å²) < 4.78 is 17.9. The Hall–Kier alpha value is -2.89. The van der Waals surface area contributed by atoms with Crippen LogP contribution in [0.2, 0.25) is 0 Å². The summed E-state index contributed by atoms with van der Waals surface area (Å²) in [6, 6.07) is 0. The summed E-state index contributed by atoms with van der Waals surface area (Å²) in [6.45, 7) is 17.3. The fourth-order valence-electron chi connectivity index (χ4n) is 4.90. The molecule has 2 unspecified atom stereocenters. The van der Waals surface area contributed by atoms with Crippen molar-refractivity contribution in [3.8, 4) is 17.2 Å². The number of allylic oxidation sites excluding steroid dienone is 3. The lowest BCUT2D eigenvalue weighted by Gasteiger charge is -2.36. The predicted molar refractivity (Wildman–Crippen MR) is 135 cm³/mol. The lowest BCUT2D eigenvalue weighted by molar-refractivity contribution is -0.136. The monoisotopic (exact) mass is 482 g/mol. The first-order valence-electron chi connectivity index (χ1n) is 12.6. The summed E-state index contributed by atoms with van der Waals surface area (Å²) in [5.41, 5.74) is 3.80. The molecule has 0 bridgehead atoms. The highest BCUT2D eigenvalue weighted by molar-refractivity contribution is 6.06. The molecular weight excluding hydrogens is 444 g/mol. The van der Waals surface area contributed by atoms with Crippen LogP contribution in [0.5, 0.6) is 17.2 Å². The van der Waals surface area contributed by atoms with Gasteiger partial charge in [-0.2, -0.15) is 0 Å². The second-order valence-electron chi connectivity index (χ2n) is 10.3. The average Bonchev–Trinajstić information content (AvgIpc) is 2.75. The number of rotatable bonds is 8. The van der Waals surface area contributed by atoms with Gasteiger partial charge in [0, 0.05) is 24.0 Å². The van der Waals surface area contributed by atoms with Gasteiger partial charge in [-0.3, -0.25) is 14.4 Å². The van der Waals surface area contributed by atoms with Gasteiger partial charge in [0.05, 0.1) is 12.3 Å². The van der Waals surface area contributed by atoms with Gasteiger partial charge in [-0.1, -0.05) is 44.1 Å². The van der Waals surface area contributed by atoms with E-state index in [4.69, 9.17) is 14.2 Å². The molecule has 2 heterocycles. The Morgan fingerprint density at radius 1 is 1.17 bits per heavy atom. The summed E-state index contributed by atoms with van der Waals surface area (Å²) in [7, 11) is 0. The summed E-state index contributed by atoms with van der Waals surface area (Å²) in [6.07, 6.45) is 4.75. The Labute approximate surface area is 208 Å². The standard InChI is InChI=1S/C29H38O6/c1-9-10-21-14-23(31)35-27-22(13-20(16(4)5)12-11-15(2)3)28-25(26(32)17(6)18(7)33-28)29(24(21)27)34-19(8)30/h11,17-18,20-21H,4,9-10,12-14H2,1-3,5-8H3/t17-,18-,20?,21?/m1/s1. The molecule has 0 amide bonds. The van der Waals surface area contributed by atoms with E-state index in [1.165, 1.54) is 12.5 Å². The molecule has 35 heavy (non-hydrogen) atoms. The van der Waals surface area contributed by atoms with Gasteiger partial charge < -0.3 is 14.2 Å². The van der Waals surface area contributed by atoms with E-state index in [0.717, 1.165) is 18.4 Å². The van der Waals surface area contributed by atoms with Crippen molar-refractivity contribution in [3.63, 3.8) is 0 Å². The van der Waals surface area contributed by atoms with E-state index in [1.54, 1.807) is 0 Å². The number of ketones is 1. The van der Waals surface area contributed by atoms with Gasteiger partial charge in [-0.05, 0) is 52.9 Å². The van der Waals surface area contributed by atoms with Crippen molar-refractivity contribution in [2.24, 2.45) is 11.8 Å². The van der Waals surface area contributed by atoms with Crippen LogP contribution in [0, 0.1) is 11.8 Å². The lowest BCUT2D eigenvalue weighted by atomic mass is 9.79. The molecule has 0 fully saturated rings. The third-order valence-electron chi connectivity index (χ3n) is 7.04. The average molecular weight is 483 g/mol. The van der Waals surface area contributed by atoms with Gasteiger partial charge >= 0.3 is 11.9 Å². The van der Waals surface area contributed by atoms with Crippen molar-refractivity contribution in [1.29, 1.82) is 0 Å². The quantitative estimate of drug-likeness (QED) is 0.239. The number of ether oxygens (including phenoxy) is 3. The molecule has 2 aliphatic heterocycles. The Morgan fingerprint density at radius 3 is 2.43 bits per heavy atom. The van der Waals surface area contributed by atoms with E-state index in [-0.39, 0.29) is 41.9 Å². The minimum atomic E-state index is -0.531. The Balaban J connectivity index is 2.35. The number of Topliss-reactive ketones (excluding diaryl/α,β-unsaturated/α-hetero) is 1. The molecule has 1 aromatic carbocycles. The summed E-state index contributed by atoms with van der Waals surface area (Å²) in [5, 5.41) is 0. The zero-order valence-electron chi connectivity index (χ0n) is 22.1. The molecule has 0 aromatic heterocycles. The van der Waals surface area contributed by atoms with Crippen LogP contribution in [0.1, 0.15) is 102 Å². The maximum atomic E-state index is 13.6. The molecule has 0 N–H and O–H groups in total. The normalized spacial score (nSPS) is 21.7. The number of hydrogen-bond donors (Lipinski definition) is 0.